The smallest absolute Gasteiger partial charge is 0.427 e. The van der Waals surface area contributed by atoms with Crippen molar-refractivity contribution in [2.45, 2.75) is 17.1 Å². The van der Waals surface area contributed by atoms with Crippen molar-refractivity contribution in [2.24, 2.45) is 0 Å². The van der Waals surface area contributed by atoms with Crippen LogP contribution in [0.1, 0.15) is 17.8 Å². The van der Waals surface area contributed by atoms with Gasteiger partial charge in [0.2, 0.25) is 0 Å². The first-order valence-corrected chi connectivity index (χ1v) is 5.35. The van der Waals surface area contributed by atoms with Crippen molar-refractivity contribution in [2.75, 3.05) is 5.75 Å². The first-order chi connectivity index (χ1) is 6.29. The minimum absolute atomic E-state index is 0.0996. The van der Waals surface area contributed by atoms with Gasteiger partial charge in [-0.3, -0.25) is 0 Å². The molecule has 0 spiro atoms. The van der Waals surface area contributed by atoms with Crippen LogP contribution in [-0.4, -0.2) is 22.9 Å². The highest BCUT2D eigenvalue weighted by atomic mass is 32.2. The lowest BCUT2D eigenvalue weighted by Crippen LogP contribution is -2.26. The zero-order chi connectivity index (χ0) is 9.26. The zero-order valence-corrected chi connectivity index (χ0v) is 8.00. The van der Waals surface area contributed by atoms with Gasteiger partial charge in [0.05, 0.1) is 0 Å². The molecule has 0 fully saturated rings. The quantitative estimate of drug-likeness (QED) is 0.661. The second kappa shape index (κ2) is 3.74. The summed E-state index contributed by atoms with van der Waals surface area (Å²) in [6, 6.07) is 7.94. The van der Waals surface area contributed by atoms with Crippen molar-refractivity contribution in [1.29, 1.82) is 0 Å². The van der Waals surface area contributed by atoms with Crippen LogP contribution in [0.15, 0.2) is 29.2 Å². The van der Waals surface area contributed by atoms with Gasteiger partial charge in [-0.25, -0.2) is 0 Å². The van der Waals surface area contributed by atoms with Crippen molar-refractivity contribution in [3.05, 3.63) is 29.8 Å². The number of thioether (sulfide) groups is 1. The van der Waals surface area contributed by atoms with E-state index in [2.05, 4.69) is 0 Å². The highest BCUT2D eigenvalue weighted by molar-refractivity contribution is 7.99. The van der Waals surface area contributed by atoms with E-state index in [1.54, 1.807) is 11.8 Å². The highest BCUT2D eigenvalue weighted by Gasteiger charge is 2.29. The molecule has 1 aliphatic rings. The lowest BCUT2D eigenvalue weighted by Gasteiger charge is -2.23. The molecule has 2 nitrogen and oxygen atoms in total. The van der Waals surface area contributed by atoms with E-state index in [0.29, 0.717) is 0 Å². The minimum atomic E-state index is -1.22. The van der Waals surface area contributed by atoms with Crippen LogP contribution in [-0.2, 0) is 0 Å². The zero-order valence-electron chi connectivity index (χ0n) is 7.18. The third-order valence-electron chi connectivity index (χ3n) is 2.36. The van der Waals surface area contributed by atoms with E-state index >= 15 is 0 Å². The lowest BCUT2D eigenvalue weighted by atomic mass is 9.67. The molecule has 1 heterocycles. The minimum Gasteiger partial charge on any atom is -0.427 e. The van der Waals surface area contributed by atoms with E-state index < -0.39 is 7.12 Å². The third kappa shape index (κ3) is 1.75. The summed E-state index contributed by atoms with van der Waals surface area (Å²) in [5, 5.41) is 18.3. The maximum absolute atomic E-state index is 9.17. The lowest BCUT2D eigenvalue weighted by molar-refractivity contribution is 0.384. The summed E-state index contributed by atoms with van der Waals surface area (Å²) in [5.74, 6) is 0.872. The molecule has 1 aromatic rings. The predicted molar refractivity (Wildman–Crippen MR) is 54.7 cm³/mol. The summed E-state index contributed by atoms with van der Waals surface area (Å²) in [6.45, 7) is 0. The number of hydrogen-bond acceptors (Lipinski definition) is 3. The Morgan fingerprint density at radius 3 is 2.85 bits per heavy atom. The molecule has 0 saturated carbocycles. The molecular weight excluding hydrogens is 183 g/mol. The molecule has 1 aromatic carbocycles. The maximum Gasteiger partial charge on any atom is 0.459 e. The predicted octanol–water partition coefficient (Wildman–Crippen LogP) is 1.28. The molecule has 2 N–H and O–H groups in total. The van der Waals surface area contributed by atoms with Gasteiger partial charge in [-0.05, 0) is 23.8 Å². The average Bonchev–Trinajstić information content (AvgIpc) is 2.17. The van der Waals surface area contributed by atoms with Gasteiger partial charge in [-0.1, -0.05) is 18.2 Å². The summed E-state index contributed by atoms with van der Waals surface area (Å²) >= 11 is 1.79. The molecule has 0 amide bonds. The summed E-state index contributed by atoms with van der Waals surface area (Å²) < 4.78 is 0. The second-order valence-electron chi connectivity index (χ2n) is 3.20. The van der Waals surface area contributed by atoms with Crippen molar-refractivity contribution >= 4 is 18.9 Å². The normalized spacial score (nSPS) is 20.9. The van der Waals surface area contributed by atoms with Gasteiger partial charge in [-0.2, -0.15) is 0 Å². The van der Waals surface area contributed by atoms with E-state index in [1.165, 1.54) is 4.90 Å². The van der Waals surface area contributed by atoms with E-state index in [4.69, 9.17) is 0 Å². The molecule has 0 radical (unpaired) electrons. The number of hydrogen-bond donors (Lipinski definition) is 2. The summed E-state index contributed by atoms with van der Waals surface area (Å²) in [6.07, 6.45) is 0.847. The molecular formula is C9H11BO2S. The molecule has 2 rings (SSSR count). The van der Waals surface area contributed by atoms with Crippen LogP contribution in [0.5, 0.6) is 0 Å². The second-order valence-corrected chi connectivity index (χ2v) is 4.33. The summed E-state index contributed by atoms with van der Waals surface area (Å²) in [7, 11) is -1.22. The van der Waals surface area contributed by atoms with Gasteiger partial charge < -0.3 is 10.0 Å². The van der Waals surface area contributed by atoms with Crippen molar-refractivity contribution < 1.29 is 10.0 Å². The highest BCUT2D eigenvalue weighted by Crippen LogP contribution is 2.37. The Hall–Kier alpha value is -0.445. The Labute approximate surface area is 82.1 Å². The van der Waals surface area contributed by atoms with Crippen LogP contribution in [0.25, 0.3) is 0 Å². The maximum atomic E-state index is 9.17. The van der Waals surface area contributed by atoms with Gasteiger partial charge in [-0.15, -0.1) is 11.8 Å². The van der Waals surface area contributed by atoms with Gasteiger partial charge in [0.15, 0.2) is 0 Å². The molecule has 1 atom stereocenters. The molecule has 0 saturated heterocycles. The average molecular weight is 194 g/mol. The van der Waals surface area contributed by atoms with E-state index in [1.807, 2.05) is 24.3 Å². The van der Waals surface area contributed by atoms with Gasteiger partial charge in [0.25, 0.3) is 0 Å². The first-order valence-electron chi connectivity index (χ1n) is 4.37. The SMILES string of the molecule is OB(O)C1CCSc2ccccc21. The fraction of sp³-hybridized carbons (Fsp3) is 0.333. The Morgan fingerprint density at radius 2 is 2.08 bits per heavy atom. The molecule has 1 unspecified atom stereocenters. The topological polar surface area (TPSA) is 40.5 Å². The molecule has 4 heteroatoms. The van der Waals surface area contributed by atoms with E-state index in [-0.39, 0.29) is 5.82 Å². The van der Waals surface area contributed by atoms with Crippen LogP contribution in [0.3, 0.4) is 0 Å². The molecule has 0 aliphatic carbocycles. The van der Waals surface area contributed by atoms with Crippen molar-refractivity contribution in [3.63, 3.8) is 0 Å². The number of rotatable bonds is 1. The summed E-state index contributed by atoms with van der Waals surface area (Å²) in [4.78, 5) is 1.19. The largest absolute Gasteiger partial charge is 0.459 e. The van der Waals surface area contributed by atoms with Gasteiger partial charge >= 0.3 is 7.12 Å². The fourth-order valence-electron chi connectivity index (χ4n) is 1.68. The van der Waals surface area contributed by atoms with Gasteiger partial charge in [0, 0.05) is 10.7 Å². The third-order valence-corrected chi connectivity index (χ3v) is 3.49. The van der Waals surface area contributed by atoms with Crippen LogP contribution < -0.4 is 0 Å². The molecule has 0 aromatic heterocycles. The Bertz CT molecular complexity index is 303. The summed E-state index contributed by atoms with van der Waals surface area (Å²) in [5.41, 5.74) is 1.08. The van der Waals surface area contributed by atoms with Crippen LogP contribution in [0.2, 0.25) is 0 Å². The first kappa shape index (κ1) is 9.12. The Morgan fingerprint density at radius 1 is 1.31 bits per heavy atom. The Kier molecular flexibility index (Phi) is 2.62. The molecule has 13 heavy (non-hydrogen) atoms. The number of fused-ring (bicyclic) bond motifs is 1. The van der Waals surface area contributed by atoms with Gasteiger partial charge in [0.1, 0.15) is 0 Å². The number of benzene rings is 1. The standard InChI is InChI=1S/C9H11BO2S/c11-10(12)8-5-6-13-9-4-2-1-3-7(8)9/h1-4,8,11-12H,5-6H2. The Balaban J connectivity index is 2.37. The molecule has 1 aliphatic heterocycles. The van der Waals surface area contributed by atoms with Crippen LogP contribution in [0, 0.1) is 0 Å². The van der Waals surface area contributed by atoms with Crippen molar-refractivity contribution in [3.8, 4) is 0 Å². The van der Waals surface area contributed by atoms with Crippen molar-refractivity contribution in [1.82, 2.24) is 0 Å². The van der Waals surface area contributed by atoms with E-state index in [9.17, 15) is 10.0 Å². The monoisotopic (exact) mass is 194 g/mol. The molecule has 0 bridgehead atoms. The van der Waals surface area contributed by atoms with E-state index in [0.717, 1.165) is 17.7 Å². The van der Waals surface area contributed by atoms with Crippen LogP contribution in [0.4, 0.5) is 0 Å². The van der Waals surface area contributed by atoms with Crippen LogP contribution >= 0.6 is 11.8 Å². The fourth-order valence-corrected chi connectivity index (χ4v) is 2.83. The molecule has 68 valence electrons.